The van der Waals surface area contributed by atoms with Crippen molar-refractivity contribution >= 4 is 12.6 Å². The molecule has 0 spiro atoms. The van der Waals surface area contributed by atoms with Crippen molar-refractivity contribution < 1.29 is 13.2 Å². The zero-order chi connectivity index (χ0) is 12.2. The highest BCUT2D eigenvalue weighted by atomic mass is 32.1. The molecule has 1 aromatic carbocycles. The van der Waals surface area contributed by atoms with Gasteiger partial charge in [-0.3, -0.25) is 0 Å². The smallest absolute Gasteiger partial charge is 0.330 e. The summed E-state index contributed by atoms with van der Waals surface area (Å²) in [6.07, 6.45) is -2.08. The predicted octanol–water partition coefficient (Wildman–Crippen LogP) is 3.28. The van der Waals surface area contributed by atoms with E-state index >= 15 is 0 Å². The number of halogens is 3. The van der Waals surface area contributed by atoms with Crippen LogP contribution in [0.5, 0.6) is 0 Å². The topological polar surface area (TPSA) is 26.0 Å². The Kier molecular flexibility index (Phi) is 4.68. The van der Waals surface area contributed by atoms with Crippen LogP contribution in [0.15, 0.2) is 23.1 Å². The summed E-state index contributed by atoms with van der Waals surface area (Å²) in [4.78, 5) is 0.345. The molecule has 0 bridgehead atoms. The van der Waals surface area contributed by atoms with Crippen LogP contribution >= 0.6 is 12.6 Å². The van der Waals surface area contributed by atoms with E-state index in [1.54, 1.807) is 6.07 Å². The highest BCUT2D eigenvalue weighted by molar-refractivity contribution is 7.80. The minimum Gasteiger partial charge on any atom is -0.330 e. The largest absolute Gasteiger partial charge is 0.416 e. The highest BCUT2D eigenvalue weighted by Gasteiger charge is 2.30. The first kappa shape index (κ1) is 13.4. The molecule has 5 heteroatoms. The molecular formula is C11H14F3NS. The van der Waals surface area contributed by atoms with Gasteiger partial charge in [0.15, 0.2) is 0 Å². The van der Waals surface area contributed by atoms with Crippen LogP contribution in [0.3, 0.4) is 0 Å². The standard InChI is InChI=1S/C11H14F3NS/c12-11(13,14)9-5-8(3-1-2-4-15)6-10(16)7-9/h5-7,16H,1-4,15H2. The third-order valence-corrected chi connectivity index (χ3v) is 2.48. The summed E-state index contributed by atoms with van der Waals surface area (Å²) >= 11 is 3.98. The van der Waals surface area contributed by atoms with E-state index in [2.05, 4.69) is 12.6 Å². The monoisotopic (exact) mass is 249 g/mol. The Morgan fingerprint density at radius 3 is 2.38 bits per heavy atom. The molecule has 0 aromatic heterocycles. The Bertz CT molecular complexity index is 350. The number of thiol groups is 1. The number of hydrogen-bond acceptors (Lipinski definition) is 2. The molecule has 1 nitrogen and oxygen atoms in total. The molecule has 0 unspecified atom stereocenters. The van der Waals surface area contributed by atoms with E-state index in [1.165, 1.54) is 6.07 Å². The number of unbranched alkanes of at least 4 members (excludes halogenated alkanes) is 1. The van der Waals surface area contributed by atoms with Gasteiger partial charge in [0.05, 0.1) is 5.56 Å². The first-order valence-electron chi connectivity index (χ1n) is 5.03. The second-order valence-electron chi connectivity index (χ2n) is 3.63. The molecule has 0 radical (unpaired) electrons. The van der Waals surface area contributed by atoms with Gasteiger partial charge in [-0.1, -0.05) is 0 Å². The highest BCUT2D eigenvalue weighted by Crippen LogP contribution is 2.31. The maximum atomic E-state index is 12.5. The molecule has 0 saturated carbocycles. The van der Waals surface area contributed by atoms with Crippen molar-refractivity contribution in [3.05, 3.63) is 29.3 Å². The van der Waals surface area contributed by atoms with Crippen LogP contribution in [0, 0.1) is 0 Å². The summed E-state index contributed by atoms with van der Waals surface area (Å²) in [6, 6.07) is 3.88. The second-order valence-corrected chi connectivity index (χ2v) is 4.15. The number of aryl methyl sites for hydroxylation is 1. The molecule has 0 aliphatic heterocycles. The van der Waals surface area contributed by atoms with Gasteiger partial charge in [-0.2, -0.15) is 13.2 Å². The molecule has 0 aliphatic carbocycles. The van der Waals surface area contributed by atoms with Gasteiger partial charge in [-0.05, 0) is 49.6 Å². The third-order valence-electron chi connectivity index (χ3n) is 2.22. The van der Waals surface area contributed by atoms with E-state index in [0.29, 0.717) is 23.4 Å². The van der Waals surface area contributed by atoms with E-state index in [0.717, 1.165) is 18.9 Å². The minimum atomic E-state index is -4.30. The van der Waals surface area contributed by atoms with Gasteiger partial charge in [-0.25, -0.2) is 0 Å². The van der Waals surface area contributed by atoms with Crippen molar-refractivity contribution in [1.82, 2.24) is 0 Å². The summed E-state index contributed by atoms with van der Waals surface area (Å²) in [7, 11) is 0. The van der Waals surface area contributed by atoms with Gasteiger partial charge in [0.25, 0.3) is 0 Å². The van der Waals surface area contributed by atoms with Crippen LogP contribution in [-0.2, 0) is 12.6 Å². The lowest BCUT2D eigenvalue weighted by molar-refractivity contribution is -0.137. The summed E-state index contributed by atoms with van der Waals surface area (Å²) in [5, 5.41) is 0. The van der Waals surface area contributed by atoms with Gasteiger partial charge in [0.2, 0.25) is 0 Å². The Morgan fingerprint density at radius 2 is 1.81 bits per heavy atom. The van der Waals surface area contributed by atoms with E-state index < -0.39 is 11.7 Å². The van der Waals surface area contributed by atoms with Gasteiger partial charge < -0.3 is 5.73 Å². The zero-order valence-electron chi connectivity index (χ0n) is 8.72. The number of hydrogen-bond donors (Lipinski definition) is 2. The maximum absolute atomic E-state index is 12.5. The van der Waals surface area contributed by atoms with Crippen molar-refractivity contribution in [1.29, 1.82) is 0 Å². The minimum absolute atomic E-state index is 0.345. The summed E-state index contributed by atoms with van der Waals surface area (Å²) in [5.41, 5.74) is 5.35. The SMILES string of the molecule is NCCCCc1cc(S)cc(C(F)(F)F)c1. The van der Waals surface area contributed by atoms with Gasteiger partial charge in [0.1, 0.15) is 0 Å². The number of benzene rings is 1. The van der Waals surface area contributed by atoms with Crippen LogP contribution in [0.25, 0.3) is 0 Å². The Hall–Kier alpha value is -0.680. The maximum Gasteiger partial charge on any atom is 0.416 e. The Balaban J connectivity index is 2.82. The zero-order valence-corrected chi connectivity index (χ0v) is 9.61. The lowest BCUT2D eigenvalue weighted by Gasteiger charge is -2.10. The predicted molar refractivity (Wildman–Crippen MR) is 60.7 cm³/mol. The number of rotatable bonds is 4. The molecule has 0 amide bonds. The Labute approximate surface area is 98.2 Å². The molecular weight excluding hydrogens is 235 g/mol. The average molecular weight is 249 g/mol. The molecule has 16 heavy (non-hydrogen) atoms. The fourth-order valence-electron chi connectivity index (χ4n) is 1.46. The summed E-state index contributed by atoms with van der Waals surface area (Å²) in [5.74, 6) is 0. The molecule has 1 aromatic rings. The van der Waals surface area contributed by atoms with Crippen LogP contribution in [0.2, 0.25) is 0 Å². The second kappa shape index (κ2) is 5.59. The lowest BCUT2D eigenvalue weighted by Crippen LogP contribution is -2.06. The van der Waals surface area contributed by atoms with E-state index in [1.807, 2.05) is 0 Å². The summed E-state index contributed by atoms with van der Waals surface area (Å²) < 4.78 is 37.4. The molecule has 0 aliphatic rings. The van der Waals surface area contributed by atoms with Gasteiger partial charge in [0, 0.05) is 4.90 Å². The first-order valence-corrected chi connectivity index (χ1v) is 5.48. The average Bonchev–Trinajstić information content (AvgIpc) is 2.16. The first-order chi connectivity index (χ1) is 7.43. The Morgan fingerprint density at radius 1 is 1.12 bits per heavy atom. The fraction of sp³-hybridized carbons (Fsp3) is 0.455. The van der Waals surface area contributed by atoms with E-state index in [4.69, 9.17) is 5.73 Å². The quantitative estimate of drug-likeness (QED) is 0.621. The van der Waals surface area contributed by atoms with E-state index in [9.17, 15) is 13.2 Å². The van der Waals surface area contributed by atoms with Crippen molar-refractivity contribution in [3.8, 4) is 0 Å². The van der Waals surface area contributed by atoms with Gasteiger partial charge in [-0.15, -0.1) is 12.6 Å². The fourth-order valence-corrected chi connectivity index (χ4v) is 1.76. The van der Waals surface area contributed by atoms with Crippen molar-refractivity contribution in [3.63, 3.8) is 0 Å². The van der Waals surface area contributed by atoms with Crippen molar-refractivity contribution in [2.24, 2.45) is 5.73 Å². The van der Waals surface area contributed by atoms with Crippen LogP contribution in [0.4, 0.5) is 13.2 Å². The third kappa shape index (κ3) is 4.06. The molecule has 2 N–H and O–H groups in total. The van der Waals surface area contributed by atoms with Crippen LogP contribution in [0.1, 0.15) is 24.0 Å². The van der Waals surface area contributed by atoms with Crippen molar-refractivity contribution in [2.75, 3.05) is 6.54 Å². The summed E-state index contributed by atoms with van der Waals surface area (Å²) in [6.45, 7) is 0.562. The van der Waals surface area contributed by atoms with Crippen LogP contribution < -0.4 is 5.73 Å². The molecule has 0 fully saturated rings. The molecule has 90 valence electrons. The molecule has 0 heterocycles. The molecule has 0 atom stereocenters. The van der Waals surface area contributed by atoms with Crippen molar-refractivity contribution in [2.45, 2.75) is 30.3 Å². The van der Waals surface area contributed by atoms with Gasteiger partial charge >= 0.3 is 6.18 Å². The van der Waals surface area contributed by atoms with Crippen LogP contribution in [-0.4, -0.2) is 6.54 Å². The van der Waals surface area contributed by atoms with E-state index in [-0.39, 0.29) is 0 Å². The number of alkyl halides is 3. The molecule has 1 rings (SSSR count). The number of nitrogens with two attached hydrogens (primary N) is 1. The lowest BCUT2D eigenvalue weighted by atomic mass is 10.0. The normalized spacial score (nSPS) is 11.8. The molecule has 0 saturated heterocycles.